The summed E-state index contributed by atoms with van der Waals surface area (Å²) in [4.78, 5) is 39.5. The van der Waals surface area contributed by atoms with Crippen LogP contribution in [0.2, 0.25) is 0 Å². The van der Waals surface area contributed by atoms with Gasteiger partial charge in [-0.05, 0) is 75.7 Å². The molecule has 2 fully saturated rings. The van der Waals surface area contributed by atoms with Gasteiger partial charge in [-0.15, -0.1) is 0 Å². The van der Waals surface area contributed by atoms with Crippen LogP contribution >= 0.6 is 0 Å². The highest BCUT2D eigenvalue weighted by Crippen LogP contribution is 2.25. The van der Waals surface area contributed by atoms with Crippen molar-refractivity contribution in [3.63, 3.8) is 0 Å². The number of benzene rings is 2. The largest absolute Gasteiger partial charge is 0.456 e. The summed E-state index contributed by atoms with van der Waals surface area (Å²) in [6, 6.07) is 16.4. The number of esters is 1. The lowest BCUT2D eigenvalue weighted by Gasteiger charge is -2.35. The first-order chi connectivity index (χ1) is 22.1. The molecular formula is C34H36FN7O4. The minimum Gasteiger partial charge on any atom is -0.456 e. The van der Waals surface area contributed by atoms with Crippen molar-refractivity contribution < 1.29 is 23.5 Å². The molecule has 2 aromatic carbocycles. The highest BCUT2D eigenvalue weighted by molar-refractivity contribution is 6.04. The predicted octanol–water partition coefficient (Wildman–Crippen LogP) is 4.76. The molecule has 46 heavy (non-hydrogen) atoms. The molecule has 0 spiro atoms. The summed E-state index contributed by atoms with van der Waals surface area (Å²) < 4.78 is 27.9. The van der Waals surface area contributed by atoms with Gasteiger partial charge in [0.2, 0.25) is 0 Å². The number of fused-ring (bicyclic) bond motifs is 1. The molecule has 0 bridgehead atoms. The van der Waals surface area contributed by atoms with E-state index < -0.39 is 17.3 Å². The molecule has 1 amide bonds. The molecule has 6 rings (SSSR count). The molecule has 2 aromatic heterocycles. The van der Waals surface area contributed by atoms with Crippen molar-refractivity contribution in [2.45, 2.75) is 52.0 Å². The van der Waals surface area contributed by atoms with Crippen molar-refractivity contribution in [2.24, 2.45) is 0 Å². The van der Waals surface area contributed by atoms with Gasteiger partial charge in [-0.3, -0.25) is 9.69 Å². The maximum absolute atomic E-state index is 14.3. The highest BCUT2D eigenvalue weighted by Gasteiger charge is 2.26. The summed E-state index contributed by atoms with van der Waals surface area (Å²) in [7, 11) is 0. The SMILES string of the molecule is CC(C)(C)OC(=O)c1ccc2nc(CN3CCN(c4cccc(NC(=O)c5ccc(C#N)cc5F)n4)CC3)n(C[C@@H]3CCO3)c2c1. The number of halogens is 1. The third-order valence-electron chi connectivity index (χ3n) is 8.02. The predicted molar refractivity (Wildman–Crippen MR) is 170 cm³/mol. The number of piperazine rings is 1. The maximum Gasteiger partial charge on any atom is 0.338 e. The Balaban J connectivity index is 1.12. The van der Waals surface area contributed by atoms with Crippen LogP contribution in [0.1, 0.15) is 59.3 Å². The first kappa shape index (κ1) is 31.1. The number of rotatable bonds is 8. The van der Waals surface area contributed by atoms with Gasteiger partial charge in [0.05, 0.1) is 53.0 Å². The van der Waals surface area contributed by atoms with Crippen LogP contribution < -0.4 is 10.2 Å². The molecule has 2 saturated heterocycles. The number of imidazole rings is 1. The minimum atomic E-state index is -0.763. The van der Waals surface area contributed by atoms with Gasteiger partial charge >= 0.3 is 5.97 Å². The summed E-state index contributed by atoms with van der Waals surface area (Å²) >= 11 is 0. The summed E-state index contributed by atoms with van der Waals surface area (Å²) in [5, 5.41) is 11.6. The van der Waals surface area contributed by atoms with E-state index in [1.807, 2.05) is 45.0 Å². The Morgan fingerprint density at radius 3 is 2.54 bits per heavy atom. The third kappa shape index (κ3) is 7.01. The molecular weight excluding hydrogens is 589 g/mol. The van der Waals surface area contributed by atoms with Crippen LogP contribution in [0.4, 0.5) is 16.0 Å². The van der Waals surface area contributed by atoms with Gasteiger partial charge in [-0.25, -0.2) is 19.2 Å². The fourth-order valence-electron chi connectivity index (χ4n) is 5.55. The molecule has 4 heterocycles. The van der Waals surface area contributed by atoms with E-state index in [1.54, 1.807) is 18.2 Å². The molecule has 12 heteroatoms. The van der Waals surface area contributed by atoms with E-state index in [9.17, 15) is 14.0 Å². The zero-order chi connectivity index (χ0) is 32.4. The average Bonchev–Trinajstić information content (AvgIpc) is 3.34. The number of ether oxygens (including phenoxy) is 2. The van der Waals surface area contributed by atoms with Gasteiger partial charge in [-0.2, -0.15) is 5.26 Å². The Morgan fingerprint density at radius 2 is 1.87 bits per heavy atom. The van der Waals surface area contributed by atoms with Crippen molar-refractivity contribution in [3.05, 3.63) is 82.9 Å². The zero-order valence-corrected chi connectivity index (χ0v) is 26.1. The van der Waals surface area contributed by atoms with E-state index in [2.05, 4.69) is 24.7 Å². The fraction of sp³-hybridized carbons (Fsp3) is 0.382. The normalized spacial score (nSPS) is 16.9. The Bertz CT molecular complexity index is 1810. The summed E-state index contributed by atoms with van der Waals surface area (Å²) in [6.07, 6.45) is 1.10. The molecule has 0 radical (unpaired) electrons. The Labute approximate surface area is 266 Å². The van der Waals surface area contributed by atoms with Gasteiger partial charge in [0.15, 0.2) is 0 Å². The Morgan fingerprint density at radius 1 is 1.09 bits per heavy atom. The number of hydrogen-bond donors (Lipinski definition) is 1. The zero-order valence-electron chi connectivity index (χ0n) is 26.1. The van der Waals surface area contributed by atoms with Gasteiger partial charge in [0, 0.05) is 32.8 Å². The van der Waals surface area contributed by atoms with Crippen LogP contribution in [0.25, 0.3) is 11.0 Å². The van der Waals surface area contributed by atoms with Crippen LogP contribution in [0.5, 0.6) is 0 Å². The molecule has 0 unspecified atom stereocenters. The molecule has 1 atom stereocenters. The lowest BCUT2D eigenvalue weighted by molar-refractivity contribution is -0.0592. The molecule has 1 N–H and O–H groups in total. The summed E-state index contributed by atoms with van der Waals surface area (Å²) in [5.41, 5.74) is 1.60. The van der Waals surface area contributed by atoms with Crippen LogP contribution in [-0.2, 0) is 22.6 Å². The van der Waals surface area contributed by atoms with Crippen LogP contribution in [0.15, 0.2) is 54.6 Å². The third-order valence-corrected chi connectivity index (χ3v) is 8.02. The second-order valence-corrected chi connectivity index (χ2v) is 12.5. The number of carbonyl (C=O) groups excluding carboxylic acids is 2. The second-order valence-electron chi connectivity index (χ2n) is 12.5. The highest BCUT2D eigenvalue weighted by atomic mass is 19.1. The van der Waals surface area contributed by atoms with E-state index in [0.29, 0.717) is 43.4 Å². The lowest BCUT2D eigenvalue weighted by atomic mass is 10.1. The molecule has 11 nitrogen and oxygen atoms in total. The van der Waals surface area contributed by atoms with Gasteiger partial charge in [-0.1, -0.05) is 6.07 Å². The van der Waals surface area contributed by atoms with Crippen molar-refractivity contribution in [1.82, 2.24) is 19.4 Å². The van der Waals surface area contributed by atoms with Crippen LogP contribution in [0, 0.1) is 17.1 Å². The Kier molecular flexibility index (Phi) is 8.71. The van der Waals surface area contributed by atoms with E-state index >= 15 is 0 Å². The first-order valence-electron chi connectivity index (χ1n) is 15.4. The first-order valence-corrected chi connectivity index (χ1v) is 15.4. The van der Waals surface area contributed by atoms with E-state index in [4.69, 9.17) is 19.7 Å². The lowest BCUT2D eigenvalue weighted by Crippen LogP contribution is -2.46. The number of anilines is 2. The molecule has 238 valence electrons. The monoisotopic (exact) mass is 625 g/mol. The Hall–Kier alpha value is -4.86. The molecule has 0 aliphatic carbocycles. The van der Waals surface area contributed by atoms with E-state index in [1.165, 1.54) is 12.1 Å². The van der Waals surface area contributed by atoms with E-state index in [0.717, 1.165) is 49.0 Å². The quantitative estimate of drug-likeness (QED) is 0.276. The van der Waals surface area contributed by atoms with Gasteiger partial charge in [0.25, 0.3) is 5.91 Å². The van der Waals surface area contributed by atoms with Crippen molar-refractivity contribution in [2.75, 3.05) is 43.0 Å². The number of pyridine rings is 1. The minimum absolute atomic E-state index is 0.116. The van der Waals surface area contributed by atoms with Crippen LogP contribution in [0.3, 0.4) is 0 Å². The summed E-state index contributed by atoms with van der Waals surface area (Å²) in [5.74, 6) is 0.176. The van der Waals surface area contributed by atoms with Gasteiger partial charge < -0.3 is 24.3 Å². The number of nitrogens with zero attached hydrogens (tertiary/aromatic N) is 6. The number of hydrogen-bond acceptors (Lipinski definition) is 9. The summed E-state index contributed by atoms with van der Waals surface area (Å²) in [6.45, 7) is 10.6. The standard InChI is InChI=1S/C34H36FN7O4/c1-34(2,3)46-33(44)23-8-10-27-28(18-23)42(20-24-11-16-45-24)31(37-27)21-40-12-14-41(15-13-40)30-6-4-5-29(38-30)39-32(43)25-9-7-22(19-36)17-26(25)35/h4-10,17-18,24H,11-16,20-21H2,1-3H3,(H,38,39,43)/t24-/m0/s1. The number of aromatic nitrogens is 3. The molecule has 0 saturated carbocycles. The maximum atomic E-state index is 14.3. The van der Waals surface area contributed by atoms with Crippen LogP contribution in [-0.4, -0.2) is 75.8 Å². The molecule has 2 aliphatic rings. The number of carbonyl (C=O) groups is 2. The average molecular weight is 626 g/mol. The fourth-order valence-corrected chi connectivity index (χ4v) is 5.55. The van der Waals surface area contributed by atoms with Crippen molar-refractivity contribution in [1.29, 1.82) is 5.26 Å². The second kappa shape index (κ2) is 12.9. The van der Waals surface area contributed by atoms with Gasteiger partial charge in [0.1, 0.15) is 28.9 Å². The number of nitriles is 1. The molecule has 2 aliphatic heterocycles. The number of nitrogens with one attached hydrogen (secondary N) is 1. The topological polar surface area (TPSA) is 126 Å². The van der Waals surface area contributed by atoms with Crippen molar-refractivity contribution in [3.8, 4) is 6.07 Å². The van der Waals surface area contributed by atoms with Crippen molar-refractivity contribution >= 4 is 34.5 Å². The smallest absolute Gasteiger partial charge is 0.338 e. The molecule has 4 aromatic rings. The van der Waals surface area contributed by atoms with E-state index in [-0.39, 0.29) is 23.2 Å². The number of amides is 1.